The summed E-state index contributed by atoms with van der Waals surface area (Å²) in [7, 11) is 0. The topological polar surface area (TPSA) is 42.0 Å². The summed E-state index contributed by atoms with van der Waals surface area (Å²) >= 11 is 5.92. The zero-order chi connectivity index (χ0) is 12.3. The second kappa shape index (κ2) is 4.97. The molecule has 0 saturated heterocycles. The van der Waals surface area contributed by atoms with Gasteiger partial charge >= 0.3 is 0 Å². The molecule has 0 bridgehead atoms. The molecule has 17 heavy (non-hydrogen) atoms. The number of halogens is 1. The largest absolute Gasteiger partial charge is 0.322 e. The quantitative estimate of drug-likeness (QED) is 0.884. The number of nitrogens with one attached hydrogen (secondary N) is 1. The van der Waals surface area contributed by atoms with Crippen LogP contribution in [0.4, 0.5) is 5.69 Å². The monoisotopic (exact) mass is 246 g/mol. The van der Waals surface area contributed by atoms with Crippen molar-refractivity contribution in [1.82, 2.24) is 4.98 Å². The van der Waals surface area contributed by atoms with E-state index >= 15 is 0 Å². The van der Waals surface area contributed by atoms with E-state index < -0.39 is 0 Å². The minimum absolute atomic E-state index is 0.256. The number of hydrogen-bond donors (Lipinski definition) is 1. The van der Waals surface area contributed by atoms with Crippen molar-refractivity contribution in [3.63, 3.8) is 0 Å². The van der Waals surface area contributed by atoms with Gasteiger partial charge in [-0.15, -0.1) is 0 Å². The van der Waals surface area contributed by atoms with Crippen LogP contribution in [0.1, 0.15) is 15.9 Å². The lowest BCUT2D eigenvalue weighted by Gasteiger charge is -2.06. The summed E-state index contributed by atoms with van der Waals surface area (Å²) < 4.78 is 0. The van der Waals surface area contributed by atoms with E-state index in [0.717, 1.165) is 11.3 Å². The van der Waals surface area contributed by atoms with Gasteiger partial charge in [-0.2, -0.15) is 0 Å². The lowest BCUT2D eigenvalue weighted by Crippen LogP contribution is -2.12. The molecule has 1 heterocycles. The average molecular weight is 247 g/mol. The normalized spacial score (nSPS) is 10.0. The van der Waals surface area contributed by atoms with Crippen LogP contribution in [0.15, 0.2) is 42.7 Å². The average Bonchev–Trinajstić information content (AvgIpc) is 2.29. The molecule has 0 fully saturated rings. The van der Waals surface area contributed by atoms with Crippen LogP contribution in [0.2, 0.25) is 5.02 Å². The summed E-state index contributed by atoms with van der Waals surface area (Å²) in [6, 6.07) is 9.16. The summed E-state index contributed by atoms with van der Waals surface area (Å²) in [5.74, 6) is -0.256. The number of amides is 1. The molecule has 86 valence electrons. The molecule has 0 atom stereocenters. The molecular formula is C13H11ClN2O. The van der Waals surface area contributed by atoms with Crippen molar-refractivity contribution in [2.75, 3.05) is 5.32 Å². The van der Waals surface area contributed by atoms with Crippen LogP contribution in [0, 0.1) is 6.92 Å². The third kappa shape index (κ3) is 2.82. The number of carbonyl (C=O) groups excluding carboxylic acids is 1. The summed E-state index contributed by atoms with van der Waals surface area (Å²) in [6.45, 7) is 1.96. The Bertz CT molecular complexity index is 555. The maximum atomic E-state index is 11.9. The molecule has 2 aromatic rings. The number of hydrogen-bond acceptors (Lipinski definition) is 2. The van der Waals surface area contributed by atoms with E-state index in [1.807, 2.05) is 31.2 Å². The van der Waals surface area contributed by atoms with Gasteiger partial charge in [0.1, 0.15) is 0 Å². The number of rotatable bonds is 2. The lowest BCUT2D eigenvalue weighted by atomic mass is 10.2. The first kappa shape index (κ1) is 11.6. The van der Waals surface area contributed by atoms with Crippen LogP contribution in [0.3, 0.4) is 0 Å². The highest BCUT2D eigenvalue weighted by Gasteiger charge is 2.10. The third-order valence-corrected chi connectivity index (χ3v) is 2.62. The predicted molar refractivity (Wildman–Crippen MR) is 68.4 cm³/mol. The molecule has 0 aliphatic rings. The van der Waals surface area contributed by atoms with Gasteiger partial charge in [0.2, 0.25) is 0 Å². The highest BCUT2D eigenvalue weighted by molar-refractivity contribution is 6.34. The number of nitrogens with zero attached hydrogens (tertiary/aromatic N) is 1. The van der Waals surface area contributed by atoms with Gasteiger partial charge in [-0.05, 0) is 30.7 Å². The van der Waals surface area contributed by atoms with E-state index in [1.165, 1.54) is 6.20 Å². The summed E-state index contributed by atoms with van der Waals surface area (Å²) in [6.07, 6.45) is 3.00. The van der Waals surface area contributed by atoms with Crippen LogP contribution >= 0.6 is 11.6 Å². The second-order valence-electron chi connectivity index (χ2n) is 3.68. The van der Waals surface area contributed by atoms with Crippen molar-refractivity contribution < 1.29 is 4.79 Å². The zero-order valence-corrected chi connectivity index (χ0v) is 10.0. The lowest BCUT2D eigenvalue weighted by molar-refractivity contribution is 0.102. The SMILES string of the molecule is Cc1cccc(NC(=O)c2cnccc2Cl)c1. The van der Waals surface area contributed by atoms with Crippen molar-refractivity contribution in [2.24, 2.45) is 0 Å². The Morgan fingerprint density at radius 1 is 1.35 bits per heavy atom. The van der Waals surface area contributed by atoms with Crippen molar-refractivity contribution in [1.29, 1.82) is 0 Å². The number of aryl methyl sites for hydroxylation is 1. The van der Waals surface area contributed by atoms with Crippen LogP contribution in [0.25, 0.3) is 0 Å². The molecular weight excluding hydrogens is 236 g/mol. The van der Waals surface area contributed by atoms with Gasteiger partial charge in [0, 0.05) is 18.1 Å². The van der Waals surface area contributed by atoms with Crippen molar-refractivity contribution in [3.05, 3.63) is 58.9 Å². The fourth-order valence-electron chi connectivity index (χ4n) is 1.47. The maximum Gasteiger partial charge on any atom is 0.258 e. The van der Waals surface area contributed by atoms with Crippen LogP contribution < -0.4 is 5.32 Å². The third-order valence-electron chi connectivity index (χ3n) is 2.29. The Balaban J connectivity index is 2.20. The minimum Gasteiger partial charge on any atom is -0.322 e. The Kier molecular flexibility index (Phi) is 3.40. The zero-order valence-electron chi connectivity index (χ0n) is 9.27. The highest BCUT2D eigenvalue weighted by atomic mass is 35.5. The van der Waals surface area contributed by atoms with Crippen LogP contribution in [0.5, 0.6) is 0 Å². The van der Waals surface area contributed by atoms with Crippen LogP contribution in [-0.4, -0.2) is 10.9 Å². The van der Waals surface area contributed by atoms with Gasteiger partial charge in [0.05, 0.1) is 10.6 Å². The van der Waals surface area contributed by atoms with Gasteiger partial charge in [-0.3, -0.25) is 9.78 Å². The van der Waals surface area contributed by atoms with E-state index in [4.69, 9.17) is 11.6 Å². The van der Waals surface area contributed by atoms with E-state index in [1.54, 1.807) is 12.3 Å². The Labute approximate surface area is 104 Å². The molecule has 0 spiro atoms. The Morgan fingerprint density at radius 3 is 2.88 bits per heavy atom. The number of aromatic nitrogens is 1. The van der Waals surface area contributed by atoms with E-state index in [9.17, 15) is 4.79 Å². The molecule has 3 nitrogen and oxygen atoms in total. The molecule has 0 unspecified atom stereocenters. The van der Waals surface area contributed by atoms with Crippen molar-refractivity contribution in [2.45, 2.75) is 6.92 Å². The molecule has 1 amide bonds. The molecule has 2 rings (SSSR count). The molecule has 0 saturated carbocycles. The second-order valence-corrected chi connectivity index (χ2v) is 4.09. The molecule has 0 aliphatic heterocycles. The minimum atomic E-state index is -0.256. The van der Waals surface area contributed by atoms with Gasteiger partial charge < -0.3 is 5.32 Å². The molecule has 4 heteroatoms. The summed E-state index contributed by atoms with van der Waals surface area (Å²) in [5.41, 5.74) is 2.20. The van der Waals surface area contributed by atoms with Gasteiger partial charge in [0.15, 0.2) is 0 Å². The number of carbonyl (C=O) groups is 1. The van der Waals surface area contributed by atoms with Crippen LogP contribution in [-0.2, 0) is 0 Å². The number of benzene rings is 1. The summed E-state index contributed by atoms with van der Waals surface area (Å²) in [4.78, 5) is 15.8. The first-order valence-electron chi connectivity index (χ1n) is 5.14. The molecule has 0 radical (unpaired) electrons. The van der Waals surface area contributed by atoms with Crippen molar-refractivity contribution in [3.8, 4) is 0 Å². The van der Waals surface area contributed by atoms with E-state index in [-0.39, 0.29) is 5.91 Å². The number of anilines is 1. The first-order chi connectivity index (χ1) is 8.16. The fraction of sp³-hybridized carbons (Fsp3) is 0.0769. The molecule has 1 aromatic heterocycles. The highest BCUT2D eigenvalue weighted by Crippen LogP contribution is 2.16. The van der Waals surface area contributed by atoms with Crippen molar-refractivity contribution >= 4 is 23.2 Å². The molecule has 1 aromatic carbocycles. The first-order valence-corrected chi connectivity index (χ1v) is 5.52. The Hall–Kier alpha value is -1.87. The Morgan fingerprint density at radius 2 is 2.18 bits per heavy atom. The molecule has 0 aliphatic carbocycles. The number of pyridine rings is 1. The van der Waals surface area contributed by atoms with Gasteiger partial charge in [-0.1, -0.05) is 23.7 Å². The predicted octanol–water partition coefficient (Wildman–Crippen LogP) is 3.30. The smallest absolute Gasteiger partial charge is 0.258 e. The van der Waals surface area contributed by atoms with Gasteiger partial charge in [0.25, 0.3) is 5.91 Å². The molecule has 1 N–H and O–H groups in total. The maximum absolute atomic E-state index is 11.9. The van der Waals surface area contributed by atoms with Gasteiger partial charge in [-0.25, -0.2) is 0 Å². The fourth-order valence-corrected chi connectivity index (χ4v) is 1.66. The standard InChI is InChI=1S/C13H11ClN2O/c1-9-3-2-4-10(7-9)16-13(17)11-8-15-6-5-12(11)14/h2-8H,1H3,(H,16,17). The van der Waals surface area contributed by atoms with E-state index in [2.05, 4.69) is 10.3 Å². The summed E-state index contributed by atoms with van der Waals surface area (Å²) in [5, 5.41) is 3.17. The van der Waals surface area contributed by atoms with E-state index in [0.29, 0.717) is 10.6 Å².